The molecule has 136 valence electrons. The first-order valence-corrected chi connectivity index (χ1v) is 10.2. The largest absolute Gasteiger partial charge is 0.331 e. The minimum atomic E-state index is -0.619. The Balaban J connectivity index is 1.54. The standard InChI is InChI=1S/C23H20BrNO2/c24-19-8-4-7-16(12-19)20-17-9-10-18(11-17)23(20)14-25(22(27)21(23)26)13-15-5-2-1-3-6-15/h1-10,12,17-18,20H,11,13-14H2/t17-,18+,20-,23-/m1/s1. The normalized spacial score (nSPS) is 31.4. The third-order valence-electron chi connectivity index (χ3n) is 6.54. The van der Waals surface area contributed by atoms with E-state index in [0.717, 1.165) is 22.0 Å². The number of ketones is 1. The van der Waals surface area contributed by atoms with E-state index >= 15 is 0 Å². The summed E-state index contributed by atoms with van der Waals surface area (Å²) in [6, 6.07) is 18.2. The van der Waals surface area contributed by atoms with Crippen LogP contribution in [-0.4, -0.2) is 23.1 Å². The second-order valence-corrected chi connectivity index (χ2v) is 8.86. The molecule has 2 fully saturated rings. The summed E-state index contributed by atoms with van der Waals surface area (Å²) >= 11 is 3.56. The molecule has 0 aromatic heterocycles. The average molecular weight is 422 g/mol. The molecule has 1 aliphatic heterocycles. The minimum Gasteiger partial charge on any atom is -0.331 e. The maximum atomic E-state index is 13.4. The zero-order valence-corrected chi connectivity index (χ0v) is 16.4. The molecule has 0 N–H and O–H groups in total. The van der Waals surface area contributed by atoms with Gasteiger partial charge in [0.15, 0.2) is 0 Å². The number of rotatable bonds is 3. The van der Waals surface area contributed by atoms with Gasteiger partial charge in [0, 0.05) is 23.5 Å². The molecule has 4 atom stereocenters. The fourth-order valence-corrected chi connectivity index (χ4v) is 5.89. The quantitative estimate of drug-likeness (QED) is 0.545. The summed E-state index contributed by atoms with van der Waals surface area (Å²) in [4.78, 5) is 28.0. The van der Waals surface area contributed by atoms with Gasteiger partial charge in [0.2, 0.25) is 5.78 Å². The summed E-state index contributed by atoms with van der Waals surface area (Å²) in [6.07, 6.45) is 5.39. The van der Waals surface area contributed by atoms with Crippen LogP contribution in [0.5, 0.6) is 0 Å². The molecule has 3 aliphatic rings. The Morgan fingerprint density at radius 2 is 1.85 bits per heavy atom. The highest BCUT2D eigenvalue weighted by Gasteiger charge is 2.66. The monoisotopic (exact) mass is 421 g/mol. The lowest BCUT2D eigenvalue weighted by Gasteiger charge is -2.37. The van der Waals surface area contributed by atoms with Crippen molar-refractivity contribution in [2.75, 3.05) is 6.54 Å². The molecule has 1 spiro atoms. The molecule has 4 heteroatoms. The number of allylic oxidation sites excluding steroid dienone is 2. The van der Waals surface area contributed by atoms with Gasteiger partial charge in [-0.15, -0.1) is 0 Å². The average Bonchev–Trinajstić information content (AvgIpc) is 3.33. The number of carbonyl (C=O) groups is 2. The van der Waals surface area contributed by atoms with Crippen LogP contribution in [-0.2, 0) is 16.1 Å². The zero-order valence-electron chi connectivity index (χ0n) is 14.8. The lowest BCUT2D eigenvalue weighted by molar-refractivity contribution is -0.143. The lowest BCUT2D eigenvalue weighted by atomic mass is 9.64. The number of carbonyl (C=O) groups excluding carboxylic acids is 2. The molecule has 1 saturated carbocycles. The molecule has 1 heterocycles. The number of hydrogen-bond acceptors (Lipinski definition) is 2. The molecule has 3 nitrogen and oxygen atoms in total. The number of fused-ring (bicyclic) bond motifs is 3. The first-order chi connectivity index (χ1) is 13.1. The van der Waals surface area contributed by atoms with Crippen LogP contribution in [0.15, 0.2) is 71.2 Å². The van der Waals surface area contributed by atoms with Gasteiger partial charge in [-0.1, -0.05) is 70.5 Å². The summed E-state index contributed by atoms with van der Waals surface area (Å²) in [5.74, 6) is 0.0451. The van der Waals surface area contributed by atoms with Crippen molar-refractivity contribution in [1.29, 1.82) is 0 Å². The van der Waals surface area contributed by atoms with Gasteiger partial charge in [-0.2, -0.15) is 0 Å². The number of nitrogens with zero attached hydrogens (tertiary/aromatic N) is 1. The van der Waals surface area contributed by atoms with Crippen molar-refractivity contribution in [1.82, 2.24) is 4.90 Å². The fraction of sp³-hybridized carbons (Fsp3) is 0.304. The van der Waals surface area contributed by atoms with E-state index in [4.69, 9.17) is 0 Å². The SMILES string of the molecule is O=C1C(=O)[C@@]2(CN1Cc1ccccc1)[C@H](c1cccc(Br)c1)[C@@H]1C=C[C@H]2C1. The predicted octanol–water partition coefficient (Wildman–Crippen LogP) is 4.34. The van der Waals surface area contributed by atoms with Crippen molar-refractivity contribution in [2.24, 2.45) is 17.3 Å². The number of amides is 1. The predicted molar refractivity (Wildman–Crippen MR) is 107 cm³/mol. The zero-order chi connectivity index (χ0) is 18.6. The number of hydrogen-bond donors (Lipinski definition) is 0. The first-order valence-electron chi connectivity index (χ1n) is 9.41. The number of halogens is 1. The van der Waals surface area contributed by atoms with Crippen LogP contribution in [0, 0.1) is 17.3 Å². The van der Waals surface area contributed by atoms with Gasteiger partial charge in [-0.3, -0.25) is 9.59 Å². The van der Waals surface area contributed by atoms with E-state index in [1.54, 1.807) is 4.90 Å². The van der Waals surface area contributed by atoms with Crippen molar-refractivity contribution >= 4 is 27.6 Å². The summed E-state index contributed by atoms with van der Waals surface area (Å²) in [5.41, 5.74) is 1.60. The maximum Gasteiger partial charge on any atom is 0.290 e. The van der Waals surface area contributed by atoms with Crippen LogP contribution in [0.3, 0.4) is 0 Å². The molecule has 2 aromatic rings. The van der Waals surface area contributed by atoms with Gasteiger partial charge in [0.25, 0.3) is 5.91 Å². The molecule has 5 rings (SSSR count). The molecule has 2 bridgehead atoms. The Hall–Kier alpha value is -2.20. The first kappa shape index (κ1) is 16.9. The summed E-state index contributed by atoms with van der Waals surface area (Å²) in [7, 11) is 0. The second kappa shape index (κ2) is 6.16. The van der Waals surface area contributed by atoms with E-state index in [1.165, 1.54) is 0 Å². The van der Waals surface area contributed by atoms with E-state index in [0.29, 0.717) is 19.0 Å². The molecule has 0 radical (unpaired) electrons. The van der Waals surface area contributed by atoms with Gasteiger partial charge in [-0.25, -0.2) is 0 Å². The number of likely N-dealkylation sites (tertiary alicyclic amines) is 1. The van der Waals surface area contributed by atoms with E-state index in [2.05, 4.69) is 40.2 Å². The van der Waals surface area contributed by atoms with Gasteiger partial charge in [0.1, 0.15) is 0 Å². The Morgan fingerprint density at radius 1 is 1.04 bits per heavy atom. The van der Waals surface area contributed by atoms with Crippen molar-refractivity contribution in [3.05, 3.63) is 82.3 Å². The molecule has 1 saturated heterocycles. The minimum absolute atomic E-state index is 0.0715. The molecule has 2 aromatic carbocycles. The Kier molecular flexibility index (Phi) is 3.87. The van der Waals surface area contributed by atoms with E-state index in [1.807, 2.05) is 42.5 Å². The maximum absolute atomic E-state index is 13.4. The van der Waals surface area contributed by atoms with E-state index < -0.39 is 5.41 Å². The van der Waals surface area contributed by atoms with E-state index in [9.17, 15) is 9.59 Å². The highest BCUT2D eigenvalue weighted by atomic mass is 79.9. The van der Waals surface area contributed by atoms with Crippen LogP contribution < -0.4 is 0 Å². The van der Waals surface area contributed by atoms with Gasteiger partial charge in [0.05, 0.1) is 5.41 Å². The molecular weight excluding hydrogens is 402 g/mol. The van der Waals surface area contributed by atoms with Crippen molar-refractivity contribution in [2.45, 2.75) is 18.9 Å². The van der Waals surface area contributed by atoms with Crippen molar-refractivity contribution in [3.8, 4) is 0 Å². The second-order valence-electron chi connectivity index (χ2n) is 7.94. The van der Waals surface area contributed by atoms with Crippen LogP contribution in [0.1, 0.15) is 23.5 Å². The lowest BCUT2D eigenvalue weighted by Crippen LogP contribution is -2.41. The molecule has 27 heavy (non-hydrogen) atoms. The van der Waals surface area contributed by atoms with Crippen LogP contribution in [0.25, 0.3) is 0 Å². The fourth-order valence-electron chi connectivity index (χ4n) is 5.47. The van der Waals surface area contributed by atoms with Crippen molar-refractivity contribution < 1.29 is 9.59 Å². The number of benzene rings is 2. The van der Waals surface area contributed by atoms with Gasteiger partial charge >= 0.3 is 0 Å². The van der Waals surface area contributed by atoms with Crippen LogP contribution in [0.2, 0.25) is 0 Å². The highest BCUT2D eigenvalue weighted by Crippen LogP contribution is 2.63. The molecule has 0 unspecified atom stereocenters. The van der Waals surface area contributed by atoms with Crippen LogP contribution in [0.4, 0.5) is 0 Å². The molecular formula is C23H20BrNO2. The third kappa shape index (κ3) is 2.46. The molecule has 1 amide bonds. The summed E-state index contributed by atoms with van der Waals surface area (Å²) in [6.45, 7) is 1.02. The Labute approximate surface area is 167 Å². The molecule has 2 aliphatic carbocycles. The van der Waals surface area contributed by atoms with Crippen LogP contribution >= 0.6 is 15.9 Å². The Morgan fingerprint density at radius 3 is 2.63 bits per heavy atom. The third-order valence-corrected chi connectivity index (χ3v) is 7.04. The van der Waals surface area contributed by atoms with Gasteiger partial charge in [-0.05, 0) is 41.5 Å². The smallest absolute Gasteiger partial charge is 0.290 e. The van der Waals surface area contributed by atoms with Crippen molar-refractivity contribution in [3.63, 3.8) is 0 Å². The Bertz CT molecular complexity index is 954. The van der Waals surface area contributed by atoms with Gasteiger partial charge < -0.3 is 4.90 Å². The highest BCUT2D eigenvalue weighted by molar-refractivity contribution is 9.10. The van der Waals surface area contributed by atoms with E-state index in [-0.39, 0.29) is 23.5 Å². The summed E-state index contributed by atoms with van der Waals surface area (Å²) in [5, 5.41) is 0. The summed E-state index contributed by atoms with van der Waals surface area (Å²) < 4.78 is 1.01. The number of Topliss-reactive ketones (excluding diaryl/α,β-unsaturated/α-hetero) is 1. The topological polar surface area (TPSA) is 37.4 Å².